The van der Waals surface area contributed by atoms with Gasteiger partial charge in [-0.25, -0.2) is 4.79 Å². The van der Waals surface area contributed by atoms with Crippen LogP contribution in [-0.2, 0) is 17.6 Å². The van der Waals surface area contributed by atoms with Crippen molar-refractivity contribution < 1.29 is 9.53 Å². The number of rotatable bonds is 5. The Morgan fingerprint density at radius 2 is 1.87 bits per heavy atom. The number of fused-ring (bicyclic) bond motifs is 1. The number of pyridine rings is 1. The van der Waals surface area contributed by atoms with E-state index < -0.39 is 5.97 Å². The van der Waals surface area contributed by atoms with Gasteiger partial charge in [0.1, 0.15) is 6.07 Å². The second-order valence-electron chi connectivity index (χ2n) is 6.90. The Balaban J connectivity index is 1.70. The first-order chi connectivity index (χ1) is 14.6. The number of hydrogen-bond acceptors (Lipinski definition) is 5. The van der Waals surface area contributed by atoms with Crippen LogP contribution in [0.4, 0.5) is 5.69 Å². The van der Waals surface area contributed by atoms with E-state index >= 15 is 0 Å². The molecule has 2 N–H and O–H groups in total. The highest BCUT2D eigenvalue weighted by atomic mass is 16.5. The first-order valence-corrected chi connectivity index (χ1v) is 9.54. The second kappa shape index (κ2) is 8.10. The highest BCUT2D eigenvalue weighted by Gasteiger charge is 2.22. The van der Waals surface area contributed by atoms with Crippen molar-refractivity contribution in [3.63, 3.8) is 0 Å². The number of nitrogen functional groups attached to an aromatic ring is 1. The Kier molecular flexibility index (Phi) is 5.19. The maximum absolute atomic E-state index is 12.3. The van der Waals surface area contributed by atoms with E-state index in [0.717, 1.165) is 34.3 Å². The smallest absolute Gasteiger partial charge is 0.357 e. The van der Waals surface area contributed by atoms with Crippen LogP contribution < -0.4 is 5.73 Å². The lowest BCUT2D eigenvalue weighted by Crippen LogP contribution is -2.12. The number of nitrogens with two attached hydrogens (primary N) is 1. The number of benzene rings is 2. The number of methoxy groups -OCH3 is 1. The fourth-order valence-corrected chi connectivity index (χ4v) is 3.57. The van der Waals surface area contributed by atoms with Gasteiger partial charge in [0.25, 0.3) is 0 Å². The van der Waals surface area contributed by atoms with Gasteiger partial charge in [-0.2, -0.15) is 5.26 Å². The number of nitrogens with zero attached hydrogens (tertiary/aromatic N) is 3. The Morgan fingerprint density at radius 1 is 1.10 bits per heavy atom. The minimum absolute atomic E-state index is 0.121. The normalized spacial score (nSPS) is 10.7. The number of aryl methyl sites for hydroxylation is 2. The fourth-order valence-electron chi connectivity index (χ4n) is 3.57. The quantitative estimate of drug-likeness (QED) is 0.514. The lowest BCUT2D eigenvalue weighted by Gasteiger charge is -2.13. The van der Waals surface area contributed by atoms with Crippen LogP contribution in [0.15, 0.2) is 66.9 Å². The number of carbonyl (C=O) groups excluding carboxylic acids is 1. The number of hydrogen-bond donors (Lipinski definition) is 1. The van der Waals surface area contributed by atoms with E-state index in [1.807, 2.05) is 60.7 Å². The van der Waals surface area contributed by atoms with Crippen LogP contribution in [0.5, 0.6) is 0 Å². The van der Waals surface area contributed by atoms with Crippen molar-refractivity contribution in [2.75, 3.05) is 12.8 Å². The molecule has 0 fully saturated rings. The summed E-state index contributed by atoms with van der Waals surface area (Å²) < 4.78 is 6.53. The van der Waals surface area contributed by atoms with Gasteiger partial charge in [0.2, 0.25) is 0 Å². The molecule has 0 unspecified atom stereocenters. The molecule has 4 aromatic rings. The molecule has 4 rings (SSSR count). The van der Waals surface area contributed by atoms with Crippen LogP contribution in [0.3, 0.4) is 0 Å². The van der Waals surface area contributed by atoms with E-state index in [2.05, 4.69) is 6.07 Å². The molecule has 2 heterocycles. The van der Waals surface area contributed by atoms with Crippen LogP contribution in [0.2, 0.25) is 0 Å². The van der Waals surface area contributed by atoms with Gasteiger partial charge in [0.15, 0.2) is 5.69 Å². The Hall–Kier alpha value is -4.11. The summed E-state index contributed by atoms with van der Waals surface area (Å²) in [5, 5.41) is 10.5. The highest BCUT2D eigenvalue weighted by Crippen LogP contribution is 2.27. The number of esters is 1. The summed E-state index contributed by atoms with van der Waals surface area (Å²) in [6.45, 7) is 0. The van der Waals surface area contributed by atoms with Gasteiger partial charge in [0.05, 0.1) is 23.9 Å². The van der Waals surface area contributed by atoms with Gasteiger partial charge < -0.3 is 15.0 Å². The van der Waals surface area contributed by atoms with E-state index in [0.29, 0.717) is 6.42 Å². The summed E-state index contributed by atoms with van der Waals surface area (Å²) >= 11 is 0. The van der Waals surface area contributed by atoms with E-state index in [9.17, 15) is 10.1 Å². The van der Waals surface area contributed by atoms with Gasteiger partial charge in [-0.05, 0) is 36.6 Å². The molecule has 0 bridgehead atoms. The van der Waals surface area contributed by atoms with Gasteiger partial charge in [-0.15, -0.1) is 0 Å². The fraction of sp³-hybridized carbons (Fsp3) is 0.125. The van der Waals surface area contributed by atoms with Crippen molar-refractivity contribution in [1.82, 2.24) is 9.55 Å². The molecule has 0 spiro atoms. The molecule has 0 saturated carbocycles. The summed E-state index contributed by atoms with van der Waals surface area (Å²) in [7, 11) is 1.29. The van der Waals surface area contributed by atoms with Crippen molar-refractivity contribution in [1.29, 1.82) is 5.26 Å². The number of ether oxygens (including phenoxy) is 1. The van der Waals surface area contributed by atoms with E-state index in [4.69, 9.17) is 15.5 Å². The van der Waals surface area contributed by atoms with Crippen molar-refractivity contribution in [2.24, 2.45) is 0 Å². The maximum Gasteiger partial charge on any atom is 0.357 e. The molecule has 0 radical (unpaired) electrons. The minimum Gasteiger partial charge on any atom is -0.464 e. The molecule has 2 aromatic heterocycles. The molecule has 0 atom stereocenters. The Morgan fingerprint density at radius 3 is 2.67 bits per heavy atom. The van der Waals surface area contributed by atoms with Crippen molar-refractivity contribution >= 4 is 22.6 Å². The summed E-state index contributed by atoms with van der Waals surface area (Å²) in [6, 6.07) is 21.9. The van der Waals surface area contributed by atoms with Crippen LogP contribution in [0, 0.1) is 11.3 Å². The summed E-state index contributed by atoms with van der Waals surface area (Å²) in [5.74, 6) is -0.583. The average Bonchev–Trinajstić information content (AvgIpc) is 3.13. The predicted octanol–water partition coefficient (Wildman–Crippen LogP) is 4.05. The monoisotopic (exact) mass is 396 g/mol. The standard InChI is InChI=1S/C24H20N4O2/c1-30-24(29)23-22(26)18(14-25)15-28(23)21-9-5-3-7-17(21)11-13-19-12-10-16-6-2-4-8-20(16)27-19/h2-10,12,15H,11,13,26H2,1H3. The van der Waals surface area contributed by atoms with E-state index in [-0.39, 0.29) is 16.9 Å². The third-order valence-corrected chi connectivity index (χ3v) is 5.10. The second-order valence-corrected chi connectivity index (χ2v) is 6.90. The highest BCUT2D eigenvalue weighted by molar-refractivity contribution is 5.96. The third-order valence-electron chi connectivity index (χ3n) is 5.10. The molecule has 0 aliphatic heterocycles. The Labute approximate surface area is 174 Å². The number of carbonyl (C=O) groups is 1. The zero-order valence-electron chi connectivity index (χ0n) is 16.5. The van der Waals surface area contributed by atoms with Crippen molar-refractivity contribution in [2.45, 2.75) is 12.8 Å². The molecule has 6 heteroatoms. The summed E-state index contributed by atoms with van der Waals surface area (Å²) in [6.07, 6.45) is 3.02. The van der Waals surface area contributed by atoms with Crippen molar-refractivity contribution in [3.8, 4) is 11.8 Å². The van der Waals surface area contributed by atoms with Gasteiger partial charge >= 0.3 is 5.97 Å². The summed E-state index contributed by atoms with van der Waals surface area (Å²) in [5.41, 5.74) is 10.3. The number of anilines is 1. The van der Waals surface area contributed by atoms with Crippen molar-refractivity contribution in [3.05, 3.63) is 89.4 Å². The molecule has 30 heavy (non-hydrogen) atoms. The summed E-state index contributed by atoms with van der Waals surface area (Å²) in [4.78, 5) is 17.1. The average molecular weight is 396 g/mol. The van der Waals surface area contributed by atoms with E-state index in [1.54, 1.807) is 10.8 Å². The molecule has 2 aromatic carbocycles. The first-order valence-electron chi connectivity index (χ1n) is 9.54. The molecule has 0 amide bonds. The zero-order valence-corrected chi connectivity index (χ0v) is 16.5. The molecular formula is C24H20N4O2. The molecular weight excluding hydrogens is 376 g/mol. The van der Waals surface area contributed by atoms with Crippen LogP contribution in [-0.4, -0.2) is 22.6 Å². The first kappa shape index (κ1) is 19.2. The maximum atomic E-state index is 12.3. The molecule has 0 aliphatic carbocycles. The third kappa shape index (κ3) is 3.49. The molecule has 0 aliphatic rings. The largest absolute Gasteiger partial charge is 0.464 e. The Bertz CT molecular complexity index is 1280. The SMILES string of the molecule is COC(=O)c1c(N)c(C#N)cn1-c1ccccc1CCc1ccc2ccccc2n1. The predicted molar refractivity (Wildman–Crippen MR) is 115 cm³/mol. The number of aromatic nitrogens is 2. The van der Waals surface area contributed by atoms with Gasteiger partial charge in [-0.1, -0.05) is 42.5 Å². The zero-order chi connectivity index (χ0) is 21.1. The molecule has 6 nitrogen and oxygen atoms in total. The lowest BCUT2D eigenvalue weighted by atomic mass is 10.0. The minimum atomic E-state index is -0.583. The van der Waals surface area contributed by atoms with Gasteiger partial charge in [-0.3, -0.25) is 4.98 Å². The van der Waals surface area contributed by atoms with Crippen LogP contribution in [0.1, 0.15) is 27.3 Å². The number of nitriles is 1. The van der Waals surface area contributed by atoms with Gasteiger partial charge in [0, 0.05) is 23.0 Å². The molecule has 148 valence electrons. The molecule has 0 saturated heterocycles. The van der Waals surface area contributed by atoms with Crippen LogP contribution >= 0.6 is 0 Å². The van der Waals surface area contributed by atoms with Crippen LogP contribution in [0.25, 0.3) is 16.6 Å². The van der Waals surface area contributed by atoms with E-state index in [1.165, 1.54) is 7.11 Å². The number of para-hydroxylation sites is 2. The lowest BCUT2D eigenvalue weighted by molar-refractivity contribution is 0.0593. The topological polar surface area (TPSA) is 93.9 Å².